The van der Waals surface area contributed by atoms with Gasteiger partial charge in [-0.25, -0.2) is 0 Å². The highest BCUT2D eigenvalue weighted by atomic mass is 28.4. The summed E-state index contributed by atoms with van der Waals surface area (Å²) in [6.45, 7) is 11.4. The Bertz CT molecular complexity index is 98.8. The Kier molecular flexibility index (Phi) is 5.30. The maximum atomic E-state index is 6.03. The molecule has 0 bridgehead atoms. The summed E-state index contributed by atoms with van der Waals surface area (Å²) in [5.41, 5.74) is 0.659. The minimum absolute atomic E-state index is 0.0497. The molecule has 0 saturated heterocycles. The van der Waals surface area contributed by atoms with E-state index in [1.807, 2.05) is 0 Å². The zero-order valence-electron chi connectivity index (χ0n) is 8.61. The largest absolute Gasteiger partial charge is 0.418 e. The molecule has 1 nitrogen and oxygen atoms in total. The molecule has 0 spiro atoms. The maximum absolute atomic E-state index is 6.03. The Labute approximate surface area is 74.5 Å². The highest BCUT2D eigenvalue weighted by molar-refractivity contribution is 6.70. The van der Waals surface area contributed by atoms with Crippen LogP contribution >= 0.6 is 0 Å². The lowest BCUT2D eigenvalue weighted by molar-refractivity contribution is 0.258. The fraction of sp³-hybridized carbons (Fsp3) is 1.00. The van der Waals surface area contributed by atoms with Crippen molar-refractivity contribution >= 4 is 17.8 Å². The Morgan fingerprint density at radius 1 is 1.36 bits per heavy atom. The van der Waals surface area contributed by atoms with E-state index >= 15 is 0 Å². The summed E-state index contributed by atoms with van der Waals surface area (Å²) in [7, 11) is -1.19. The lowest BCUT2D eigenvalue weighted by atomic mass is 10.4. The second-order valence-corrected chi connectivity index (χ2v) is 10.2. The summed E-state index contributed by atoms with van der Waals surface area (Å²) < 4.78 is 6.03. The summed E-state index contributed by atoms with van der Waals surface area (Å²) in [5.74, 6) is 0. The van der Waals surface area contributed by atoms with Gasteiger partial charge in [-0.05, 0) is 26.1 Å². The van der Waals surface area contributed by atoms with Crippen molar-refractivity contribution in [3.05, 3.63) is 0 Å². The molecule has 11 heavy (non-hydrogen) atoms. The minimum Gasteiger partial charge on any atom is -0.418 e. The molecule has 0 heterocycles. The third-order valence-electron chi connectivity index (χ3n) is 1.59. The fourth-order valence-corrected chi connectivity index (χ4v) is 5.27. The van der Waals surface area contributed by atoms with E-state index in [1.165, 1.54) is 12.8 Å². The van der Waals surface area contributed by atoms with Crippen LogP contribution in [0.1, 0.15) is 19.8 Å². The molecule has 0 aromatic rings. The lowest BCUT2D eigenvalue weighted by Crippen LogP contribution is -2.34. The molecule has 0 amide bonds. The Morgan fingerprint density at radius 2 is 1.91 bits per heavy atom. The van der Waals surface area contributed by atoms with Crippen LogP contribution in [0.15, 0.2) is 0 Å². The third-order valence-corrected chi connectivity index (χ3v) is 4.45. The van der Waals surface area contributed by atoms with Crippen LogP contribution in [0.5, 0.6) is 0 Å². The standard InChI is InChI=1S/C8H22OSi2/c1-6-7-8(10-2)9-11(3,4)5/h8H,6-7,10H2,1-5H3. The Balaban J connectivity index is 3.68. The molecule has 0 rings (SSSR count). The smallest absolute Gasteiger partial charge is 0.183 e. The van der Waals surface area contributed by atoms with Crippen LogP contribution in [-0.4, -0.2) is 23.6 Å². The summed E-state index contributed by atoms with van der Waals surface area (Å²) in [5, 5.41) is 0. The van der Waals surface area contributed by atoms with Crippen molar-refractivity contribution in [2.45, 2.75) is 51.7 Å². The van der Waals surface area contributed by atoms with Gasteiger partial charge in [0.25, 0.3) is 0 Å². The lowest BCUT2D eigenvalue weighted by Gasteiger charge is -2.25. The van der Waals surface area contributed by atoms with E-state index in [9.17, 15) is 0 Å². The van der Waals surface area contributed by atoms with Crippen LogP contribution in [0.2, 0.25) is 26.2 Å². The number of rotatable bonds is 5. The maximum Gasteiger partial charge on any atom is 0.183 e. The number of hydrogen-bond donors (Lipinski definition) is 0. The van der Waals surface area contributed by atoms with Gasteiger partial charge < -0.3 is 4.43 Å². The van der Waals surface area contributed by atoms with Gasteiger partial charge in [-0.3, -0.25) is 0 Å². The van der Waals surface area contributed by atoms with Gasteiger partial charge in [0.2, 0.25) is 0 Å². The van der Waals surface area contributed by atoms with Gasteiger partial charge >= 0.3 is 0 Å². The van der Waals surface area contributed by atoms with Gasteiger partial charge in [0.05, 0.1) is 9.52 Å². The first-order valence-corrected chi connectivity index (χ1v) is 10.3. The topological polar surface area (TPSA) is 9.23 Å². The van der Waals surface area contributed by atoms with Gasteiger partial charge in [-0.2, -0.15) is 0 Å². The zero-order chi connectivity index (χ0) is 8.91. The van der Waals surface area contributed by atoms with Gasteiger partial charge in [-0.1, -0.05) is 19.9 Å². The monoisotopic (exact) mass is 190 g/mol. The normalized spacial score (nSPS) is 16.1. The first-order valence-electron chi connectivity index (χ1n) is 4.67. The molecule has 0 aromatic heterocycles. The molecule has 0 aliphatic carbocycles. The van der Waals surface area contributed by atoms with E-state index in [0.717, 1.165) is 0 Å². The third kappa shape index (κ3) is 6.78. The molecular formula is C8H22OSi2. The molecule has 0 radical (unpaired) electrons. The fourth-order valence-electron chi connectivity index (χ4n) is 1.17. The van der Waals surface area contributed by atoms with Crippen LogP contribution in [-0.2, 0) is 4.43 Å². The van der Waals surface area contributed by atoms with Gasteiger partial charge in [0.1, 0.15) is 0 Å². The molecular weight excluding hydrogens is 168 g/mol. The summed E-state index contributed by atoms with van der Waals surface area (Å²) in [6.07, 6.45) is 2.56. The molecule has 1 unspecified atom stereocenters. The first kappa shape index (κ1) is 11.4. The van der Waals surface area contributed by atoms with Crippen molar-refractivity contribution in [1.29, 1.82) is 0 Å². The molecule has 0 aliphatic heterocycles. The summed E-state index contributed by atoms with van der Waals surface area (Å²) in [6, 6.07) is 0. The van der Waals surface area contributed by atoms with E-state index in [0.29, 0.717) is 5.73 Å². The van der Waals surface area contributed by atoms with E-state index in [4.69, 9.17) is 4.43 Å². The van der Waals surface area contributed by atoms with Crippen LogP contribution in [0.3, 0.4) is 0 Å². The van der Waals surface area contributed by atoms with Crippen LogP contribution in [0.4, 0.5) is 0 Å². The van der Waals surface area contributed by atoms with E-state index in [2.05, 4.69) is 33.1 Å². The van der Waals surface area contributed by atoms with Crippen LogP contribution < -0.4 is 0 Å². The average Bonchev–Trinajstić information content (AvgIpc) is 1.84. The molecule has 0 fully saturated rings. The van der Waals surface area contributed by atoms with Gasteiger partial charge in [0, 0.05) is 5.73 Å². The van der Waals surface area contributed by atoms with Crippen molar-refractivity contribution in [2.75, 3.05) is 0 Å². The molecule has 0 saturated carbocycles. The number of hydrogen-bond acceptors (Lipinski definition) is 1. The van der Waals surface area contributed by atoms with Crippen molar-refractivity contribution < 1.29 is 4.43 Å². The van der Waals surface area contributed by atoms with Crippen molar-refractivity contribution in [1.82, 2.24) is 0 Å². The second kappa shape index (κ2) is 5.11. The summed E-state index contributed by atoms with van der Waals surface area (Å²) >= 11 is 0. The Morgan fingerprint density at radius 3 is 2.18 bits per heavy atom. The van der Waals surface area contributed by atoms with E-state index in [-0.39, 0.29) is 9.52 Å². The first-order chi connectivity index (χ1) is 4.99. The SMILES string of the molecule is CCCC(O[Si](C)(C)C)[SiH2]C. The second-order valence-electron chi connectivity index (χ2n) is 4.05. The van der Waals surface area contributed by atoms with Gasteiger partial charge in [-0.15, -0.1) is 0 Å². The summed E-state index contributed by atoms with van der Waals surface area (Å²) in [4.78, 5) is 0. The van der Waals surface area contributed by atoms with E-state index in [1.54, 1.807) is 0 Å². The molecule has 3 heteroatoms. The minimum atomic E-state index is -1.24. The quantitative estimate of drug-likeness (QED) is 0.604. The molecule has 0 aromatic carbocycles. The molecule has 0 aliphatic rings. The predicted molar refractivity (Wildman–Crippen MR) is 57.5 cm³/mol. The molecule has 0 N–H and O–H groups in total. The van der Waals surface area contributed by atoms with Crippen molar-refractivity contribution in [2.24, 2.45) is 0 Å². The highest BCUT2D eigenvalue weighted by Crippen LogP contribution is 2.10. The molecule has 68 valence electrons. The van der Waals surface area contributed by atoms with Crippen molar-refractivity contribution in [3.8, 4) is 0 Å². The van der Waals surface area contributed by atoms with Crippen LogP contribution in [0, 0.1) is 0 Å². The van der Waals surface area contributed by atoms with Crippen molar-refractivity contribution in [3.63, 3.8) is 0 Å². The highest BCUT2D eigenvalue weighted by Gasteiger charge is 2.18. The van der Waals surface area contributed by atoms with E-state index < -0.39 is 8.32 Å². The molecule has 1 atom stereocenters. The average molecular weight is 190 g/mol. The predicted octanol–water partition coefficient (Wildman–Crippen LogP) is 2.18. The Hall–Kier alpha value is 0.394. The van der Waals surface area contributed by atoms with Crippen LogP contribution in [0.25, 0.3) is 0 Å². The van der Waals surface area contributed by atoms with Gasteiger partial charge in [0.15, 0.2) is 8.32 Å². The zero-order valence-corrected chi connectivity index (χ0v) is 11.0.